The molecule has 2 N–H and O–H groups in total. The molecule has 2 fully saturated rings. The average Bonchev–Trinajstić information content (AvgIpc) is 3.27. The number of nitrogens with zero attached hydrogens (tertiary/aromatic N) is 6. The Morgan fingerprint density at radius 2 is 1.95 bits per heavy atom. The molecule has 5 rings (SSSR count). The Morgan fingerprint density at radius 3 is 2.59 bits per heavy atom. The molecule has 2 amide bonds. The van der Waals surface area contributed by atoms with E-state index in [1.807, 2.05) is 58.2 Å². The molecule has 11 nitrogen and oxygen atoms in total. The second-order valence-corrected chi connectivity index (χ2v) is 11.7. The van der Waals surface area contributed by atoms with Crippen LogP contribution in [0, 0.1) is 5.41 Å². The van der Waals surface area contributed by atoms with Crippen LogP contribution in [0.3, 0.4) is 0 Å². The molecule has 0 spiro atoms. The summed E-state index contributed by atoms with van der Waals surface area (Å²) in [5.41, 5.74) is 2.32. The predicted octanol–water partition coefficient (Wildman–Crippen LogP) is 2.68. The van der Waals surface area contributed by atoms with Crippen molar-refractivity contribution in [3.63, 3.8) is 0 Å². The number of aliphatic hydroxyl groups is 1. The number of benzene rings is 1. The zero-order valence-corrected chi connectivity index (χ0v) is 23.0. The van der Waals surface area contributed by atoms with Crippen molar-refractivity contribution in [3.8, 4) is 11.5 Å². The Morgan fingerprint density at radius 1 is 1.21 bits per heavy atom. The summed E-state index contributed by atoms with van der Waals surface area (Å²) in [4.78, 5) is 32.9. The van der Waals surface area contributed by atoms with Gasteiger partial charge in [0.05, 0.1) is 11.8 Å². The first kappa shape index (κ1) is 27.0. The van der Waals surface area contributed by atoms with Crippen LogP contribution >= 0.6 is 0 Å². The lowest BCUT2D eigenvalue weighted by atomic mass is 9.85. The summed E-state index contributed by atoms with van der Waals surface area (Å²) in [7, 11) is 0. The van der Waals surface area contributed by atoms with Crippen molar-refractivity contribution >= 4 is 11.8 Å². The van der Waals surface area contributed by atoms with E-state index in [4.69, 9.17) is 4.52 Å². The van der Waals surface area contributed by atoms with Gasteiger partial charge in [-0.15, -0.1) is 5.10 Å². The number of aliphatic hydroxyl groups excluding tert-OH is 1. The Hall–Kier alpha value is -3.60. The standard InChI is InChI=1S/C28H37N7O4/c1-5-23-30-26(39-32-23)19-8-6-17(7-9-19)12-13-29-25(37)22-14-20(36)15-34(22)27(38)24(28(2,3)4)35-16-21(31-33-35)18-10-11-18/h6-9,16,18,20,22,24,36H,5,10-15H2,1-4H3,(H,29,37)/t20?,22?,24-/m1/s1. The van der Waals surface area contributed by atoms with Crippen molar-refractivity contribution in [2.45, 2.75) is 83.9 Å². The van der Waals surface area contributed by atoms with Crippen molar-refractivity contribution in [1.82, 2.24) is 35.4 Å². The van der Waals surface area contributed by atoms with Crippen molar-refractivity contribution in [2.75, 3.05) is 13.1 Å². The Labute approximate surface area is 228 Å². The first-order valence-corrected chi connectivity index (χ1v) is 13.7. The molecule has 11 heteroatoms. The van der Waals surface area contributed by atoms with Gasteiger partial charge >= 0.3 is 0 Å². The summed E-state index contributed by atoms with van der Waals surface area (Å²) in [6, 6.07) is 6.40. The molecule has 0 radical (unpaired) electrons. The van der Waals surface area contributed by atoms with Gasteiger partial charge in [0.2, 0.25) is 11.8 Å². The van der Waals surface area contributed by atoms with Gasteiger partial charge in [-0.05, 0) is 42.4 Å². The topological polar surface area (TPSA) is 139 Å². The number of amides is 2. The maximum Gasteiger partial charge on any atom is 0.257 e. The monoisotopic (exact) mass is 535 g/mol. The lowest BCUT2D eigenvalue weighted by Gasteiger charge is -2.34. The van der Waals surface area contributed by atoms with Gasteiger partial charge in [0.1, 0.15) is 12.1 Å². The third-order valence-corrected chi connectivity index (χ3v) is 7.41. The van der Waals surface area contributed by atoms with Crippen LogP contribution in [0.2, 0.25) is 0 Å². The highest BCUT2D eigenvalue weighted by Crippen LogP contribution is 2.40. The SMILES string of the molecule is CCc1noc(-c2ccc(CCNC(=O)C3CC(O)CN3C(=O)[C@@H](n3cc(C4CC4)nn3)C(C)(C)C)cc2)n1. The highest BCUT2D eigenvalue weighted by molar-refractivity contribution is 5.90. The minimum atomic E-state index is -0.756. The normalized spacial score (nSPS) is 20.3. The Bertz CT molecular complexity index is 1310. The third kappa shape index (κ3) is 6.03. The van der Waals surface area contributed by atoms with E-state index in [0.717, 1.165) is 29.7 Å². The minimum absolute atomic E-state index is 0.116. The fraction of sp³-hybridized carbons (Fsp3) is 0.571. The molecular weight excluding hydrogens is 498 g/mol. The van der Waals surface area contributed by atoms with Gasteiger partial charge in [-0.1, -0.05) is 50.2 Å². The van der Waals surface area contributed by atoms with E-state index in [1.54, 1.807) is 4.68 Å². The zero-order chi connectivity index (χ0) is 27.7. The Balaban J connectivity index is 1.21. The van der Waals surface area contributed by atoms with Gasteiger partial charge in [-0.2, -0.15) is 4.98 Å². The molecule has 1 saturated heterocycles. The van der Waals surface area contributed by atoms with Crippen LogP contribution < -0.4 is 5.32 Å². The van der Waals surface area contributed by atoms with E-state index < -0.39 is 23.6 Å². The maximum atomic E-state index is 13.8. The smallest absolute Gasteiger partial charge is 0.257 e. The summed E-state index contributed by atoms with van der Waals surface area (Å²) in [6.07, 6.45) is 4.82. The molecule has 2 aromatic heterocycles. The van der Waals surface area contributed by atoms with E-state index in [1.165, 1.54) is 4.90 Å². The van der Waals surface area contributed by atoms with Crippen LogP contribution in [0.5, 0.6) is 0 Å². The van der Waals surface area contributed by atoms with Crippen LogP contribution in [0.25, 0.3) is 11.5 Å². The van der Waals surface area contributed by atoms with Gasteiger partial charge in [-0.3, -0.25) is 9.59 Å². The first-order chi connectivity index (χ1) is 18.6. The van der Waals surface area contributed by atoms with E-state index in [-0.39, 0.29) is 24.8 Å². The van der Waals surface area contributed by atoms with E-state index in [9.17, 15) is 14.7 Å². The summed E-state index contributed by atoms with van der Waals surface area (Å²) >= 11 is 0. The van der Waals surface area contributed by atoms with E-state index in [2.05, 4.69) is 25.8 Å². The Kier molecular flexibility index (Phi) is 7.53. The second-order valence-electron chi connectivity index (χ2n) is 11.7. The van der Waals surface area contributed by atoms with Crippen LogP contribution in [0.4, 0.5) is 0 Å². The average molecular weight is 536 g/mol. The number of carbonyl (C=O) groups excluding carboxylic acids is 2. The summed E-state index contributed by atoms with van der Waals surface area (Å²) < 4.78 is 6.93. The number of aryl methyl sites for hydroxylation is 1. The van der Waals surface area contributed by atoms with Gasteiger partial charge in [-0.25, -0.2) is 4.68 Å². The molecule has 1 aromatic carbocycles. The highest BCUT2D eigenvalue weighted by atomic mass is 16.5. The number of aromatic nitrogens is 5. The number of nitrogens with one attached hydrogen (secondary N) is 1. The number of hydrogen-bond donors (Lipinski definition) is 2. The number of rotatable bonds is 9. The summed E-state index contributed by atoms with van der Waals surface area (Å²) in [5, 5.41) is 25.9. The quantitative estimate of drug-likeness (QED) is 0.426. The molecule has 208 valence electrons. The maximum absolute atomic E-state index is 13.8. The molecular formula is C28H37N7O4. The molecule has 1 aliphatic heterocycles. The van der Waals surface area contributed by atoms with Crippen LogP contribution in [0.15, 0.2) is 35.0 Å². The van der Waals surface area contributed by atoms with Crippen LogP contribution in [-0.2, 0) is 22.4 Å². The molecule has 3 atom stereocenters. The molecule has 1 aliphatic carbocycles. The fourth-order valence-electron chi connectivity index (χ4n) is 5.10. The lowest BCUT2D eigenvalue weighted by Crippen LogP contribution is -2.50. The molecule has 2 unspecified atom stereocenters. The predicted molar refractivity (Wildman–Crippen MR) is 142 cm³/mol. The zero-order valence-electron chi connectivity index (χ0n) is 23.0. The largest absolute Gasteiger partial charge is 0.391 e. The van der Waals surface area contributed by atoms with Crippen molar-refractivity contribution in [2.24, 2.45) is 5.41 Å². The molecule has 0 bridgehead atoms. The molecule has 3 aromatic rings. The third-order valence-electron chi connectivity index (χ3n) is 7.41. The van der Waals surface area contributed by atoms with Gasteiger partial charge in [0.25, 0.3) is 5.89 Å². The lowest BCUT2D eigenvalue weighted by molar-refractivity contribution is -0.144. The van der Waals surface area contributed by atoms with Gasteiger partial charge < -0.3 is 19.8 Å². The van der Waals surface area contributed by atoms with Gasteiger partial charge in [0.15, 0.2) is 5.82 Å². The number of likely N-dealkylation sites (tertiary alicyclic amines) is 1. The second kappa shape index (κ2) is 10.9. The summed E-state index contributed by atoms with van der Waals surface area (Å²) in [6.45, 7) is 8.42. The molecule has 39 heavy (non-hydrogen) atoms. The van der Waals surface area contributed by atoms with E-state index >= 15 is 0 Å². The molecule has 3 heterocycles. The number of hydrogen-bond acceptors (Lipinski definition) is 8. The molecule has 2 aliphatic rings. The highest BCUT2D eigenvalue weighted by Gasteiger charge is 2.45. The fourth-order valence-corrected chi connectivity index (χ4v) is 5.10. The number of carbonyl (C=O) groups is 2. The first-order valence-electron chi connectivity index (χ1n) is 13.7. The summed E-state index contributed by atoms with van der Waals surface area (Å²) in [5.74, 6) is 1.08. The van der Waals surface area contributed by atoms with Gasteiger partial charge in [0, 0.05) is 43.6 Å². The van der Waals surface area contributed by atoms with Crippen molar-refractivity contribution < 1.29 is 19.2 Å². The van der Waals surface area contributed by atoms with Crippen LogP contribution in [0.1, 0.15) is 76.0 Å². The molecule has 1 saturated carbocycles. The van der Waals surface area contributed by atoms with Crippen molar-refractivity contribution in [3.05, 3.63) is 47.5 Å². The van der Waals surface area contributed by atoms with Crippen molar-refractivity contribution in [1.29, 1.82) is 0 Å². The number of β-amino-alcohol motifs (C(OH)–C–C–N with tert-alkyl or cyclic N) is 1. The van der Waals surface area contributed by atoms with E-state index in [0.29, 0.717) is 37.0 Å². The van der Waals surface area contributed by atoms with Crippen LogP contribution in [-0.4, -0.2) is 72.2 Å². The minimum Gasteiger partial charge on any atom is -0.391 e.